The molecule has 20 heavy (non-hydrogen) atoms. The lowest BCUT2D eigenvalue weighted by Crippen LogP contribution is -2.07. The fourth-order valence-electron chi connectivity index (χ4n) is 2.13. The first-order valence-electron chi connectivity index (χ1n) is 6.69. The number of thiophene rings is 1. The maximum Gasteiger partial charge on any atom is 0.149 e. The second-order valence-electron chi connectivity index (χ2n) is 5.05. The van der Waals surface area contributed by atoms with Crippen LogP contribution in [-0.2, 0) is 0 Å². The van der Waals surface area contributed by atoms with Gasteiger partial charge in [0.2, 0.25) is 0 Å². The van der Waals surface area contributed by atoms with Gasteiger partial charge < -0.3 is 5.32 Å². The molecule has 3 aromatic rings. The summed E-state index contributed by atoms with van der Waals surface area (Å²) in [5, 5.41) is 13.1. The molecule has 0 aliphatic rings. The molecule has 0 spiro atoms. The van der Waals surface area contributed by atoms with Gasteiger partial charge in [-0.05, 0) is 49.9 Å². The van der Waals surface area contributed by atoms with Gasteiger partial charge in [-0.15, -0.1) is 16.4 Å². The molecule has 0 saturated carbocycles. The maximum atomic E-state index is 4.20. The van der Waals surface area contributed by atoms with Gasteiger partial charge in [-0.2, -0.15) is 5.10 Å². The van der Waals surface area contributed by atoms with Gasteiger partial charge in [-0.25, -0.2) is 0 Å². The van der Waals surface area contributed by atoms with Crippen molar-refractivity contribution in [1.29, 1.82) is 0 Å². The molecule has 1 aromatic carbocycles. The second kappa shape index (κ2) is 5.21. The van der Waals surface area contributed by atoms with E-state index in [9.17, 15) is 0 Å². The highest BCUT2D eigenvalue weighted by Crippen LogP contribution is 2.31. The average Bonchev–Trinajstić information content (AvgIpc) is 2.87. The number of nitrogens with zero attached hydrogens (tertiary/aromatic N) is 2. The van der Waals surface area contributed by atoms with Crippen LogP contribution in [0.15, 0.2) is 36.4 Å². The summed E-state index contributed by atoms with van der Waals surface area (Å²) in [6.45, 7) is 6.18. The molecule has 3 rings (SSSR count). The van der Waals surface area contributed by atoms with Gasteiger partial charge in [0.05, 0.1) is 11.7 Å². The van der Waals surface area contributed by atoms with Gasteiger partial charge in [0.1, 0.15) is 5.82 Å². The van der Waals surface area contributed by atoms with Crippen molar-refractivity contribution in [1.82, 2.24) is 10.2 Å². The molecular weight excluding hydrogens is 266 g/mol. The predicted molar refractivity (Wildman–Crippen MR) is 85.4 cm³/mol. The Bertz CT molecular complexity index is 715. The van der Waals surface area contributed by atoms with Crippen molar-refractivity contribution >= 4 is 27.2 Å². The largest absolute Gasteiger partial charge is 0.361 e. The Labute approximate surface area is 122 Å². The third-order valence-corrected chi connectivity index (χ3v) is 4.77. The molecule has 4 heteroatoms. The van der Waals surface area contributed by atoms with E-state index in [1.54, 1.807) is 0 Å². The molecule has 0 amide bonds. The Morgan fingerprint density at radius 3 is 2.65 bits per heavy atom. The van der Waals surface area contributed by atoms with E-state index < -0.39 is 0 Å². The summed E-state index contributed by atoms with van der Waals surface area (Å²) in [5.41, 5.74) is 2.14. The fourth-order valence-corrected chi connectivity index (χ4v) is 3.19. The molecule has 102 valence electrons. The molecule has 2 aromatic heterocycles. The molecule has 0 saturated heterocycles. The van der Waals surface area contributed by atoms with Crippen molar-refractivity contribution in [3.8, 4) is 0 Å². The van der Waals surface area contributed by atoms with Crippen LogP contribution in [0.5, 0.6) is 0 Å². The number of anilines is 1. The van der Waals surface area contributed by atoms with Gasteiger partial charge in [-0.3, -0.25) is 0 Å². The zero-order chi connectivity index (χ0) is 14.1. The van der Waals surface area contributed by atoms with E-state index in [1.165, 1.54) is 15.0 Å². The topological polar surface area (TPSA) is 37.8 Å². The number of hydrogen-bond acceptors (Lipinski definition) is 4. The van der Waals surface area contributed by atoms with Crippen LogP contribution in [0.1, 0.15) is 29.1 Å². The molecule has 1 unspecified atom stereocenters. The van der Waals surface area contributed by atoms with Crippen molar-refractivity contribution in [3.63, 3.8) is 0 Å². The molecule has 0 aliphatic heterocycles. The smallest absolute Gasteiger partial charge is 0.149 e. The third kappa shape index (κ3) is 2.51. The summed E-state index contributed by atoms with van der Waals surface area (Å²) in [6.07, 6.45) is 0. The van der Waals surface area contributed by atoms with Crippen LogP contribution in [0.3, 0.4) is 0 Å². The van der Waals surface area contributed by atoms with E-state index >= 15 is 0 Å². The van der Waals surface area contributed by atoms with E-state index in [4.69, 9.17) is 0 Å². The van der Waals surface area contributed by atoms with E-state index in [-0.39, 0.29) is 6.04 Å². The number of fused-ring (bicyclic) bond motifs is 1. The standard InChI is InChI=1S/C16H17N3S/c1-10-8-16(19-18-11(10)2)17-12(3)15-9-13-6-4-5-7-14(13)20-15/h4-9,12H,1-3H3,(H,17,19). The molecule has 0 aliphatic carbocycles. The van der Waals surface area contributed by atoms with E-state index in [1.807, 2.05) is 24.3 Å². The molecular formula is C16H17N3S. The Morgan fingerprint density at radius 2 is 1.90 bits per heavy atom. The van der Waals surface area contributed by atoms with E-state index in [0.717, 1.165) is 17.1 Å². The highest BCUT2D eigenvalue weighted by molar-refractivity contribution is 7.19. The Hall–Kier alpha value is -1.94. The minimum atomic E-state index is 0.226. The van der Waals surface area contributed by atoms with Gasteiger partial charge in [0, 0.05) is 9.58 Å². The first-order chi connectivity index (χ1) is 9.63. The molecule has 1 N–H and O–H groups in total. The Balaban J connectivity index is 1.84. The van der Waals surface area contributed by atoms with E-state index in [0.29, 0.717) is 0 Å². The minimum absolute atomic E-state index is 0.226. The number of nitrogens with one attached hydrogen (secondary N) is 1. The predicted octanol–water partition coefficient (Wildman–Crippen LogP) is 4.48. The molecule has 3 nitrogen and oxygen atoms in total. The lowest BCUT2D eigenvalue weighted by Gasteiger charge is -2.13. The number of aryl methyl sites for hydroxylation is 2. The van der Waals surface area contributed by atoms with Crippen molar-refractivity contribution < 1.29 is 0 Å². The fraction of sp³-hybridized carbons (Fsp3) is 0.250. The highest BCUT2D eigenvalue weighted by atomic mass is 32.1. The van der Waals surface area contributed by atoms with Crippen LogP contribution in [0.2, 0.25) is 0 Å². The molecule has 1 atom stereocenters. The number of benzene rings is 1. The SMILES string of the molecule is Cc1cc(NC(C)c2cc3ccccc3s2)nnc1C. The summed E-state index contributed by atoms with van der Waals surface area (Å²) in [6, 6.07) is 13.0. The molecule has 0 bridgehead atoms. The summed E-state index contributed by atoms with van der Waals surface area (Å²) < 4.78 is 1.32. The zero-order valence-electron chi connectivity index (χ0n) is 11.8. The normalized spacial score (nSPS) is 12.6. The van der Waals surface area contributed by atoms with Gasteiger partial charge in [0.25, 0.3) is 0 Å². The first kappa shape index (κ1) is 13.1. The monoisotopic (exact) mass is 283 g/mol. The Kier molecular flexibility index (Phi) is 3.40. The van der Waals surface area contributed by atoms with Crippen LogP contribution in [0.25, 0.3) is 10.1 Å². The molecule has 0 fully saturated rings. The lowest BCUT2D eigenvalue weighted by molar-refractivity contribution is 0.868. The van der Waals surface area contributed by atoms with Crippen LogP contribution in [-0.4, -0.2) is 10.2 Å². The van der Waals surface area contributed by atoms with Crippen molar-refractivity contribution in [2.24, 2.45) is 0 Å². The molecule has 0 radical (unpaired) electrons. The Morgan fingerprint density at radius 1 is 1.10 bits per heavy atom. The summed E-state index contributed by atoms with van der Waals surface area (Å²) in [5.74, 6) is 0.832. The maximum absolute atomic E-state index is 4.20. The van der Waals surface area contributed by atoms with Crippen LogP contribution in [0, 0.1) is 13.8 Å². The van der Waals surface area contributed by atoms with E-state index in [2.05, 4.69) is 59.7 Å². The molecule has 2 heterocycles. The van der Waals surface area contributed by atoms with Crippen molar-refractivity contribution in [2.45, 2.75) is 26.8 Å². The number of hydrogen-bond donors (Lipinski definition) is 1. The van der Waals surface area contributed by atoms with Gasteiger partial charge in [0.15, 0.2) is 0 Å². The number of aromatic nitrogens is 2. The minimum Gasteiger partial charge on any atom is -0.361 e. The second-order valence-corrected chi connectivity index (χ2v) is 6.17. The van der Waals surface area contributed by atoms with Gasteiger partial charge >= 0.3 is 0 Å². The van der Waals surface area contributed by atoms with Crippen molar-refractivity contribution in [3.05, 3.63) is 52.5 Å². The van der Waals surface area contributed by atoms with Crippen LogP contribution >= 0.6 is 11.3 Å². The first-order valence-corrected chi connectivity index (χ1v) is 7.51. The third-order valence-electron chi connectivity index (χ3n) is 3.47. The summed E-state index contributed by atoms with van der Waals surface area (Å²) in [4.78, 5) is 1.31. The average molecular weight is 283 g/mol. The quantitative estimate of drug-likeness (QED) is 0.770. The number of rotatable bonds is 3. The zero-order valence-corrected chi connectivity index (χ0v) is 12.7. The highest BCUT2D eigenvalue weighted by Gasteiger charge is 2.10. The summed E-state index contributed by atoms with van der Waals surface area (Å²) in [7, 11) is 0. The van der Waals surface area contributed by atoms with Crippen LogP contribution < -0.4 is 5.32 Å². The van der Waals surface area contributed by atoms with Crippen molar-refractivity contribution in [2.75, 3.05) is 5.32 Å². The van der Waals surface area contributed by atoms with Gasteiger partial charge in [-0.1, -0.05) is 18.2 Å². The lowest BCUT2D eigenvalue weighted by atomic mass is 10.2. The summed E-state index contributed by atoms with van der Waals surface area (Å²) >= 11 is 1.82. The van der Waals surface area contributed by atoms with Crippen LogP contribution in [0.4, 0.5) is 5.82 Å².